The van der Waals surface area contributed by atoms with Crippen molar-refractivity contribution in [2.24, 2.45) is 0 Å². The van der Waals surface area contributed by atoms with Crippen molar-refractivity contribution < 1.29 is 9.47 Å². The molecular formula is C10H20O2Si. The Morgan fingerprint density at radius 3 is 1.62 bits per heavy atom. The Balaban J connectivity index is 4.13. The maximum atomic E-state index is 5.42. The Morgan fingerprint density at radius 2 is 1.38 bits per heavy atom. The molecule has 0 aliphatic heterocycles. The molecule has 0 aliphatic carbocycles. The third-order valence-corrected chi connectivity index (χ3v) is 5.07. The van der Waals surface area contributed by atoms with Gasteiger partial charge in [-0.25, -0.2) is 0 Å². The molecule has 0 heterocycles. The van der Waals surface area contributed by atoms with Crippen LogP contribution in [0.5, 0.6) is 0 Å². The van der Waals surface area contributed by atoms with Gasteiger partial charge in [0.25, 0.3) is 0 Å². The highest BCUT2D eigenvalue weighted by Gasteiger charge is 2.26. The Hall–Kier alpha value is -0.383. The predicted octanol–water partition coefficient (Wildman–Crippen LogP) is 2.04. The van der Waals surface area contributed by atoms with Crippen LogP contribution in [-0.2, 0) is 9.47 Å². The Morgan fingerprint density at radius 1 is 1.00 bits per heavy atom. The molecular weight excluding hydrogens is 180 g/mol. The quantitative estimate of drug-likeness (QED) is 0.558. The lowest BCUT2D eigenvalue weighted by atomic mass is 10.9. The second kappa shape index (κ2) is 7.06. The summed E-state index contributed by atoms with van der Waals surface area (Å²) in [6, 6.07) is 0. The van der Waals surface area contributed by atoms with Crippen LogP contribution in [-0.4, -0.2) is 33.7 Å². The number of hydrogen-bond donors (Lipinski definition) is 0. The maximum absolute atomic E-state index is 5.42. The van der Waals surface area contributed by atoms with Gasteiger partial charge in [0, 0.05) is 25.7 Å². The minimum absolute atomic E-state index is 0.733. The first-order chi connectivity index (χ1) is 6.24. The van der Waals surface area contributed by atoms with Crippen LogP contribution < -0.4 is 0 Å². The van der Waals surface area contributed by atoms with E-state index in [0.717, 1.165) is 25.7 Å². The average molecular weight is 200 g/mol. The lowest BCUT2D eigenvalue weighted by Crippen LogP contribution is -2.42. The molecule has 0 aromatic rings. The first-order valence-corrected chi connectivity index (χ1v) is 7.24. The van der Waals surface area contributed by atoms with Crippen molar-refractivity contribution in [3.05, 3.63) is 24.6 Å². The van der Waals surface area contributed by atoms with Crippen molar-refractivity contribution >= 4 is 8.07 Å². The molecule has 0 rings (SSSR count). The molecule has 0 fully saturated rings. The highest BCUT2D eigenvalue weighted by atomic mass is 28.3. The normalized spacial score (nSPS) is 11.2. The zero-order chi connectivity index (χ0) is 10.2. The van der Waals surface area contributed by atoms with Gasteiger partial charge in [-0.1, -0.05) is 11.4 Å². The number of rotatable bonds is 8. The molecule has 0 amide bonds. The van der Waals surface area contributed by atoms with Gasteiger partial charge in [0.15, 0.2) is 8.07 Å². The van der Waals surface area contributed by atoms with Gasteiger partial charge in [0.1, 0.15) is 0 Å². The van der Waals surface area contributed by atoms with Crippen molar-refractivity contribution in [2.75, 3.05) is 25.7 Å². The van der Waals surface area contributed by atoms with E-state index in [1.165, 1.54) is 0 Å². The molecule has 0 spiro atoms. The first kappa shape index (κ1) is 12.6. The summed E-state index contributed by atoms with van der Waals surface area (Å²) in [5.41, 5.74) is 3.96. The van der Waals surface area contributed by atoms with E-state index in [2.05, 4.69) is 13.2 Å². The summed E-state index contributed by atoms with van der Waals surface area (Å²) in [6.07, 6.45) is 1.47. The summed E-state index contributed by atoms with van der Waals surface area (Å²) in [7, 11) is -1.70. The summed E-state index contributed by atoms with van der Waals surface area (Å²) < 4.78 is 10.8. The maximum Gasteiger partial charge on any atom is 0.156 e. The van der Waals surface area contributed by atoms with Crippen LogP contribution in [0, 0.1) is 0 Å². The van der Waals surface area contributed by atoms with E-state index >= 15 is 0 Å². The monoisotopic (exact) mass is 200 g/mol. The SMILES string of the molecule is C=C[Si](C=C)(COCC)COCC. The van der Waals surface area contributed by atoms with Crippen molar-refractivity contribution in [1.29, 1.82) is 0 Å². The lowest BCUT2D eigenvalue weighted by Gasteiger charge is -2.23. The summed E-state index contributed by atoms with van der Waals surface area (Å²) in [4.78, 5) is 0. The third kappa shape index (κ3) is 4.41. The van der Waals surface area contributed by atoms with E-state index in [1.54, 1.807) is 0 Å². The van der Waals surface area contributed by atoms with Crippen molar-refractivity contribution in [1.82, 2.24) is 0 Å². The van der Waals surface area contributed by atoms with Gasteiger partial charge >= 0.3 is 0 Å². The Kier molecular flexibility index (Phi) is 6.85. The topological polar surface area (TPSA) is 18.5 Å². The zero-order valence-electron chi connectivity index (χ0n) is 8.71. The number of ether oxygens (including phenoxy) is 2. The lowest BCUT2D eigenvalue weighted by molar-refractivity contribution is 0.165. The number of hydrogen-bond acceptors (Lipinski definition) is 2. The van der Waals surface area contributed by atoms with Crippen molar-refractivity contribution in [2.45, 2.75) is 13.8 Å². The van der Waals surface area contributed by atoms with E-state index in [-0.39, 0.29) is 0 Å². The minimum Gasteiger partial charge on any atom is -0.384 e. The molecule has 13 heavy (non-hydrogen) atoms. The molecule has 0 bridgehead atoms. The smallest absolute Gasteiger partial charge is 0.156 e. The highest BCUT2D eigenvalue weighted by Crippen LogP contribution is 2.07. The summed E-state index contributed by atoms with van der Waals surface area (Å²) in [5.74, 6) is 0. The van der Waals surface area contributed by atoms with Crippen LogP contribution in [0.4, 0.5) is 0 Å². The van der Waals surface area contributed by atoms with Crippen LogP contribution >= 0.6 is 0 Å². The molecule has 0 unspecified atom stereocenters. The predicted molar refractivity (Wildman–Crippen MR) is 59.1 cm³/mol. The second-order valence-electron chi connectivity index (χ2n) is 2.92. The fraction of sp³-hybridized carbons (Fsp3) is 0.600. The van der Waals surface area contributed by atoms with E-state index in [4.69, 9.17) is 9.47 Å². The van der Waals surface area contributed by atoms with Gasteiger partial charge in [-0.2, -0.15) is 0 Å². The molecule has 0 saturated carbocycles. The molecule has 0 atom stereocenters. The Labute approximate surface area is 82.3 Å². The molecule has 0 aliphatic rings. The fourth-order valence-electron chi connectivity index (χ4n) is 0.945. The molecule has 0 saturated heterocycles. The van der Waals surface area contributed by atoms with Crippen molar-refractivity contribution in [3.63, 3.8) is 0 Å². The minimum atomic E-state index is -1.70. The summed E-state index contributed by atoms with van der Waals surface area (Å²) >= 11 is 0. The molecule has 0 aromatic carbocycles. The average Bonchev–Trinajstić information content (AvgIpc) is 2.20. The van der Waals surface area contributed by atoms with Gasteiger partial charge in [0.2, 0.25) is 0 Å². The van der Waals surface area contributed by atoms with Crippen LogP contribution in [0.25, 0.3) is 0 Å². The van der Waals surface area contributed by atoms with Gasteiger partial charge in [-0.3, -0.25) is 0 Å². The van der Waals surface area contributed by atoms with E-state index in [0.29, 0.717) is 0 Å². The largest absolute Gasteiger partial charge is 0.384 e. The summed E-state index contributed by atoms with van der Waals surface area (Å²) in [6.45, 7) is 13.1. The molecule has 0 radical (unpaired) electrons. The van der Waals surface area contributed by atoms with Gasteiger partial charge in [-0.15, -0.1) is 13.2 Å². The first-order valence-electron chi connectivity index (χ1n) is 4.67. The van der Waals surface area contributed by atoms with Crippen molar-refractivity contribution in [3.8, 4) is 0 Å². The van der Waals surface area contributed by atoms with E-state index in [9.17, 15) is 0 Å². The Bertz CT molecular complexity index is 139. The summed E-state index contributed by atoms with van der Waals surface area (Å²) in [5, 5.41) is 0. The molecule has 76 valence electrons. The fourth-order valence-corrected chi connectivity index (χ4v) is 2.83. The zero-order valence-corrected chi connectivity index (χ0v) is 9.71. The molecule has 0 N–H and O–H groups in total. The molecule has 0 aromatic heterocycles. The van der Waals surface area contributed by atoms with Crippen LogP contribution in [0.15, 0.2) is 24.6 Å². The molecule has 3 heteroatoms. The van der Waals surface area contributed by atoms with Crippen LogP contribution in [0.1, 0.15) is 13.8 Å². The van der Waals surface area contributed by atoms with E-state index in [1.807, 2.05) is 25.2 Å². The van der Waals surface area contributed by atoms with Crippen LogP contribution in [0.2, 0.25) is 0 Å². The molecule has 2 nitrogen and oxygen atoms in total. The standard InChI is InChI=1S/C10H20O2Si/c1-5-11-9-13(7-3,8-4)10-12-6-2/h7-8H,3-6,9-10H2,1-2H3. The highest BCUT2D eigenvalue weighted by molar-refractivity contribution is 6.88. The van der Waals surface area contributed by atoms with Crippen LogP contribution in [0.3, 0.4) is 0 Å². The van der Waals surface area contributed by atoms with Gasteiger partial charge in [-0.05, 0) is 13.8 Å². The van der Waals surface area contributed by atoms with Gasteiger partial charge < -0.3 is 9.47 Å². The third-order valence-electron chi connectivity index (χ3n) is 1.96. The van der Waals surface area contributed by atoms with Gasteiger partial charge in [0.05, 0.1) is 0 Å². The van der Waals surface area contributed by atoms with E-state index < -0.39 is 8.07 Å². The second-order valence-corrected chi connectivity index (χ2v) is 6.78.